The Hall–Kier alpha value is -2.93. The van der Waals surface area contributed by atoms with Crippen LogP contribution < -0.4 is 5.32 Å². The number of piperazine rings is 1. The first-order valence-electron chi connectivity index (χ1n) is 9.04. The van der Waals surface area contributed by atoms with E-state index in [0.717, 1.165) is 44.1 Å². The summed E-state index contributed by atoms with van der Waals surface area (Å²) >= 11 is 0. The van der Waals surface area contributed by atoms with Gasteiger partial charge in [0.2, 0.25) is 0 Å². The van der Waals surface area contributed by atoms with Crippen molar-refractivity contribution in [3.8, 4) is 0 Å². The molecule has 0 unspecified atom stereocenters. The second-order valence-corrected chi connectivity index (χ2v) is 6.35. The third-order valence-corrected chi connectivity index (χ3v) is 4.68. The zero-order valence-corrected chi connectivity index (χ0v) is 15.6. The number of hydrogen-bond acceptors (Lipinski definition) is 6. The van der Waals surface area contributed by atoms with Gasteiger partial charge in [-0.15, -0.1) is 0 Å². The number of benzene rings is 1. The number of amides is 1. The lowest BCUT2D eigenvalue weighted by Crippen LogP contribution is -2.48. The fourth-order valence-electron chi connectivity index (χ4n) is 3.03. The summed E-state index contributed by atoms with van der Waals surface area (Å²) in [6, 6.07) is 10.5. The SMILES string of the molecule is CCN1CCN(C(=O)c2cc(Nc3ccc(C(=O)OC)cc3)ccn2)CC1. The van der Waals surface area contributed by atoms with Gasteiger partial charge in [0, 0.05) is 43.8 Å². The summed E-state index contributed by atoms with van der Waals surface area (Å²) in [4.78, 5) is 32.6. The molecule has 1 amide bonds. The molecule has 1 aliphatic rings. The van der Waals surface area contributed by atoms with Gasteiger partial charge in [0.25, 0.3) is 5.91 Å². The van der Waals surface area contributed by atoms with Crippen LogP contribution in [0.25, 0.3) is 0 Å². The number of nitrogens with one attached hydrogen (secondary N) is 1. The average molecular weight is 368 g/mol. The van der Waals surface area contributed by atoms with Crippen LogP contribution in [0.3, 0.4) is 0 Å². The molecule has 7 nitrogen and oxygen atoms in total. The normalized spacial score (nSPS) is 14.7. The van der Waals surface area contributed by atoms with Crippen molar-refractivity contribution in [2.45, 2.75) is 6.92 Å². The first-order chi connectivity index (χ1) is 13.1. The van der Waals surface area contributed by atoms with Gasteiger partial charge in [0.05, 0.1) is 12.7 Å². The Morgan fingerprint density at radius 2 is 1.78 bits per heavy atom. The fraction of sp³-hybridized carbons (Fsp3) is 0.350. The van der Waals surface area contributed by atoms with Gasteiger partial charge in [0.15, 0.2) is 0 Å². The molecular formula is C20H24N4O3. The van der Waals surface area contributed by atoms with Gasteiger partial charge in [-0.2, -0.15) is 0 Å². The number of pyridine rings is 1. The summed E-state index contributed by atoms with van der Waals surface area (Å²) in [5, 5.41) is 3.23. The van der Waals surface area contributed by atoms with Crippen molar-refractivity contribution in [1.29, 1.82) is 0 Å². The molecule has 0 saturated carbocycles. The van der Waals surface area contributed by atoms with Crippen LogP contribution in [0.15, 0.2) is 42.6 Å². The van der Waals surface area contributed by atoms with Gasteiger partial charge >= 0.3 is 5.97 Å². The smallest absolute Gasteiger partial charge is 0.337 e. The molecule has 1 N–H and O–H groups in total. The summed E-state index contributed by atoms with van der Waals surface area (Å²) in [5.41, 5.74) is 2.49. The minimum Gasteiger partial charge on any atom is -0.465 e. The molecule has 0 bridgehead atoms. The second kappa shape index (κ2) is 8.64. The number of rotatable bonds is 5. The molecular weight excluding hydrogens is 344 g/mol. The number of carbonyl (C=O) groups excluding carboxylic acids is 2. The Bertz CT molecular complexity index is 799. The summed E-state index contributed by atoms with van der Waals surface area (Å²) < 4.78 is 4.70. The van der Waals surface area contributed by atoms with Gasteiger partial charge in [0.1, 0.15) is 5.69 Å². The van der Waals surface area contributed by atoms with Crippen LogP contribution >= 0.6 is 0 Å². The zero-order chi connectivity index (χ0) is 19.2. The van der Waals surface area contributed by atoms with Crippen LogP contribution in [-0.2, 0) is 4.74 Å². The maximum atomic E-state index is 12.7. The van der Waals surface area contributed by atoms with Crippen molar-refractivity contribution >= 4 is 23.3 Å². The van der Waals surface area contributed by atoms with Crippen molar-refractivity contribution in [1.82, 2.24) is 14.8 Å². The van der Waals surface area contributed by atoms with Crippen LogP contribution in [0, 0.1) is 0 Å². The van der Waals surface area contributed by atoms with E-state index in [-0.39, 0.29) is 11.9 Å². The molecule has 7 heteroatoms. The monoisotopic (exact) mass is 368 g/mol. The first-order valence-corrected chi connectivity index (χ1v) is 9.04. The number of likely N-dealkylation sites (N-methyl/N-ethyl adjacent to an activating group) is 1. The Kier molecular flexibility index (Phi) is 6.03. The van der Waals surface area contributed by atoms with E-state index in [4.69, 9.17) is 4.74 Å². The van der Waals surface area contributed by atoms with Crippen LogP contribution in [0.5, 0.6) is 0 Å². The lowest BCUT2D eigenvalue weighted by Gasteiger charge is -2.33. The topological polar surface area (TPSA) is 74.8 Å². The minimum absolute atomic E-state index is 0.0459. The van der Waals surface area contributed by atoms with Crippen LogP contribution in [0.4, 0.5) is 11.4 Å². The predicted molar refractivity (Wildman–Crippen MR) is 103 cm³/mol. The lowest BCUT2D eigenvalue weighted by molar-refractivity contribution is 0.0599. The minimum atomic E-state index is -0.374. The van der Waals surface area contributed by atoms with Crippen molar-refractivity contribution in [2.75, 3.05) is 45.2 Å². The number of anilines is 2. The molecule has 3 rings (SSSR count). The van der Waals surface area contributed by atoms with Crippen molar-refractivity contribution in [3.63, 3.8) is 0 Å². The van der Waals surface area contributed by atoms with Gasteiger partial charge < -0.3 is 19.9 Å². The van der Waals surface area contributed by atoms with E-state index < -0.39 is 0 Å². The number of methoxy groups -OCH3 is 1. The van der Waals surface area contributed by atoms with Crippen LogP contribution in [-0.4, -0.2) is 66.5 Å². The summed E-state index contributed by atoms with van der Waals surface area (Å²) in [6.45, 7) is 6.38. The number of aromatic nitrogens is 1. The van der Waals surface area contributed by atoms with E-state index in [2.05, 4.69) is 22.1 Å². The summed E-state index contributed by atoms with van der Waals surface area (Å²) in [6.07, 6.45) is 1.63. The largest absolute Gasteiger partial charge is 0.465 e. The lowest BCUT2D eigenvalue weighted by atomic mass is 10.2. The third-order valence-electron chi connectivity index (χ3n) is 4.68. The number of carbonyl (C=O) groups is 2. The molecule has 27 heavy (non-hydrogen) atoms. The Morgan fingerprint density at radius 3 is 2.41 bits per heavy atom. The highest BCUT2D eigenvalue weighted by atomic mass is 16.5. The second-order valence-electron chi connectivity index (χ2n) is 6.35. The molecule has 142 valence electrons. The predicted octanol–water partition coefficient (Wildman–Crippen LogP) is 2.39. The maximum Gasteiger partial charge on any atom is 0.337 e. The molecule has 2 aromatic rings. The van der Waals surface area contributed by atoms with Crippen molar-refractivity contribution < 1.29 is 14.3 Å². The van der Waals surface area contributed by atoms with Gasteiger partial charge in [-0.25, -0.2) is 4.79 Å². The van der Waals surface area contributed by atoms with E-state index in [9.17, 15) is 9.59 Å². The molecule has 0 atom stereocenters. The van der Waals surface area contributed by atoms with Crippen LogP contribution in [0.2, 0.25) is 0 Å². The third kappa shape index (κ3) is 4.62. The quantitative estimate of drug-likeness (QED) is 0.817. The molecule has 1 fully saturated rings. The highest BCUT2D eigenvalue weighted by Gasteiger charge is 2.22. The molecule has 1 aliphatic heterocycles. The Morgan fingerprint density at radius 1 is 1.07 bits per heavy atom. The van der Waals surface area contributed by atoms with Crippen molar-refractivity contribution in [3.05, 3.63) is 53.9 Å². The highest BCUT2D eigenvalue weighted by molar-refractivity contribution is 5.93. The fourth-order valence-corrected chi connectivity index (χ4v) is 3.03. The molecule has 1 aromatic heterocycles. The van der Waals surface area contributed by atoms with E-state index in [1.54, 1.807) is 42.6 Å². The zero-order valence-electron chi connectivity index (χ0n) is 15.6. The van der Waals surface area contributed by atoms with E-state index in [1.165, 1.54) is 7.11 Å². The molecule has 2 heterocycles. The standard InChI is InChI=1S/C20H24N4O3/c1-3-23-10-12-24(13-11-23)19(25)18-14-17(8-9-21-18)22-16-6-4-15(5-7-16)20(26)27-2/h4-9,14H,3,10-13H2,1-2H3,(H,21,22). The van der Waals surface area contributed by atoms with Crippen LogP contribution in [0.1, 0.15) is 27.8 Å². The van der Waals surface area contributed by atoms with Gasteiger partial charge in [-0.1, -0.05) is 6.92 Å². The Balaban J connectivity index is 1.66. The molecule has 0 radical (unpaired) electrons. The van der Waals surface area contributed by atoms with Crippen molar-refractivity contribution in [2.24, 2.45) is 0 Å². The van der Waals surface area contributed by atoms with E-state index in [1.807, 2.05) is 4.90 Å². The number of nitrogens with zero attached hydrogens (tertiary/aromatic N) is 3. The molecule has 1 saturated heterocycles. The number of esters is 1. The summed E-state index contributed by atoms with van der Waals surface area (Å²) in [7, 11) is 1.35. The Labute approximate surface area is 158 Å². The van der Waals surface area contributed by atoms with Gasteiger partial charge in [-0.05, 0) is 42.9 Å². The highest BCUT2D eigenvalue weighted by Crippen LogP contribution is 2.18. The maximum absolute atomic E-state index is 12.7. The molecule has 0 spiro atoms. The average Bonchev–Trinajstić information content (AvgIpc) is 2.73. The van der Waals surface area contributed by atoms with E-state index in [0.29, 0.717) is 11.3 Å². The first kappa shape index (κ1) is 18.8. The molecule has 1 aromatic carbocycles. The number of ether oxygens (including phenoxy) is 1. The van der Waals surface area contributed by atoms with E-state index >= 15 is 0 Å². The summed E-state index contributed by atoms with van der Waals surface area (Å²) in [5.74, 6) is -0.419. The van der Waals surface area contributed by atoms with Gasteiger partial charge in [-0.3, -0.25) is 9.78 Å². The molecule has 0 aliphatic carbocycles. The number of hydrogen-bond donors (Lipinski definition) is 1.